The molecule has 1 aromatic carbocycles. The molecule has 2 aliphatic rings. The van der Waals surface area contributed by atoms with Crippen LogP contribution in [-0.4, -0.2) is 72.1 Å². The van der Waals surface area contributed by atoms with Crippen LogP contribution in [0.5, 0.6) is 0 Å². The molecule has 6 rings (SSSR count). The van der Waals surface area contributed by atoms with E-state index in [9.17, 15) is 9.59 Å². The number of anilines is 2. The number of pyridine rings is 2. The highest BCUT2D eigenvalue weighted by molar-refractivity contribution is 5.94. The normalized spacial score (nSPS) is 15.6. The third-order valence-corrected chi connectivity index (χ3v) is 7.46. The molecule has 0 radical (unpaired) electrons. The summed E-state index contributed by atoms with van der Waals surface area (Å²) in [5, 5.41) is 4.00. The van der Waals surface area contributed by atoms with Gasteiger partial charge < -0.3 is 24.8 Å². The van der Waals surface area contributed by atoms with E-state index in [-0.39, 0.29) is 24.2 Å². The van der Waals surface area contributed by atoms with Crippen LogP contribution in [0.1, 0.15) is 11.3 Å². The summed E-state index contributed by atoms with van der Waals surface area (Å²) in [7, 11) is 0. The Bertz CT molecular complexity index is 1530. The minimum atomic E-state index is -0.157. The Balaban J connectivity index is 1.07. The lowest BCUT2D eigenvalue weighted by Crippen LogP contribution is -2.59. The number of aromatic nitrogens is 3. The van der Waals surface area contributed by atoms with Crippen LogP contribution >= 0.6 is 0 Å². The number of aromatic amines is 1. The molecule has 0 bridgehead atoms. The lowest BCUT2D eigenvalue weighted by atomic mass is 10.0. The Kier molecular flexibility index (Phi) is 7.29. The minimum absolute atomic E-state index is 0.111. The molecule has 3 aromatic heterocycles. The van der Waals surface area contributed by atoms with Crippen molar-refractivity contribution in [3.8, 4) is 11.3 Å². The molecule has 2 aliphatic heterocycles. The second-order valence-corrected chi connectivity index (χ2v) is 10.3. The molecule has 2 saturated heterocycles. The Morgan fingerprint density at radius 2 is 1.77 bits per heavy atom. The number of hydrogen-bond donors (Lipinski definition) is 2. The van der Waals surface area contributed by atoms with E-state index in [1.807, 2.05) is 36.5 Å². The maximum Gasteiger partial charge on any atom is 0.243 e. The number of ketones is 1. The smallest absolute Gasteiger partial charge is 0.243 e. The quantitative estimate of drug-likeness (QED) is 0.317. The van der Waals surface area contributed by atoms with Gasteiger partial charge >= 0.3 is 0 Å². The predicted molar refractivity (Wildman–Crippen MR) is 156 cm³/mol. The van der Waals surface area contributed by atoms with Crippen LogP contribution in [0.2, 0.25) is 0 Å². The van der Waals surface area contributed by atoms with Crippen LogP contribution in [0.4, 0.5) is 11.5 Å². The Morgan fingerprint density at radius 1 is 1.00 bits per heavy atom. The van der Waals surface area contributed by atoms with Crippen molar-refractivity contribution in [1.82, 2.24) is 20.3 Å². The molecule has 204 valence electrons. The first-order valence-electron chi connectivity index (χ1n) is 13.6. The molecule has 2 fully saturated rings. The van der Waals surface area contributed by atoms with E-state index in [1.54, 1.807) is 6.20 Å². The largest absolute Gasteiger partial charge is 0.378 e. The Morgan fingerprint density at radius 3 is 2.55 bits per heavy atom. The van der Waals surface area contributed by atoms with Gasteiger partial charge in [-0.15, -0.1) is 0 Å². The fourth-order valence-corrected chi connectivity index (χ4v) is 5.32. The highest BCUT2D eigenvalue weighted by atomic mass is 16.5. The summed E-state index contributed by atoms with van der Waals surface area (Å²) < 4.78 is 5.50. The first-order valence-corrected chi connectivity index (χ1v) is 13.6. The van der Waals surface area contributed by atoms with Gasteiger partial charge in [-0.05, 0) is 41.5 Å². The van der Waals surface area contributed by atoms with Crippen molar-refractivity contribution in [3.63, 3.8) is 0 Å². The third-order valence-electron chi connectivity index (χ3n) is 7.46. The van der Waals surface area contributed by atoms with Crippen molar-refractivity contribution in [2.24, 2.45) is 0 Å². The number of amides is 1. The summed E-state index contributed by atoms with van der Waals surface area (Å²) >= 11 is 0. The van der Waals surface area contributed by atoms with Crippen LogP contribution in [0.3, 0.4) is 0 Å². The van der Waals surface area contributed by atoms with Gasteiger partial charge in [-0.2, -0.15) is 0 Å². The van der Waals surface area contributed by atoms with Gasteiger partial charge in [0, 0.05) is 73.9 Å². The molecule has 0 saturated carbocycles. The summed E-state index contributed by atoms with van der Waals surface area (Å²) in [6, 6.07) is 16.3. The van der Waals surface area contributed by atoms with Gasteiger partial charge in [0.25, 0.3) is 0 Å². The van der Waals surface area contributed by atoms with E-state index in [0.717, 1.165) is 71.1 Å². The number of carbonyl (C=O) groups is 2. The number of morpholine rings is 1. The summed E-state index contributed by atoms with van der Waals surface area (Å²) in [4.78, 5) is 41.4. The highest BCUT2D eigenvalue weighted by Gasteiger charge is 2.28. The van der Waals surface area contributed by atoms with E-state index in [4.69, 9.17) is 4.74 Å². The van der Waals surface area contributed by atoms with Crippen molar-refractivity contribution in [3.05, 3.63) is 84.8 Å². The average molecular weight is 537 g/mol. The first-order chi connectivity index (χ1) is 19.6. The molecular weight excluding hydrogens is 504 g/mol. The molecule has 5 heterocycles. The molecule has 1 amide bonds. The molecule has 0 atom stereocenters. The van der Waals surface area contributed by atoms with Crippen molar-refractivity contribution in [2.75, 3.05) is 49.2 Å². The zero-order chi connectivity index (χ0) is 27.5. The Labute approximate surface area is 232 Å². The number of ether oxygens (including phenoxy) is 1. The third kappa shape index (κ3) is 5.60. The Hall–Kier alpha value is -4.50. The van der Waals surface area contributed by atoms with Crippen molar-refractivity contribution in [1.29, 1.82) is 0 Å². The van der Waals surface area contributed by atoms with Crippen LogP contribution in [0.15, 0.2) is 73.6 Å². The van der Waals surface area contributed by atoms with E-state index < -0.39 is 0 Å². The average Bonchev–Trinajstić information content (AvgIpc) is 3.40. The lowest BCUT2D eigenvalue weighted by molar-refractivity contribution is -0.118. The van der Waals surface area contributed by atoms with Crippen LogP contribution in [0.25, 0.3) is 22.2 Å². The number of carbonyl (C=O) groups excluding carboxylic acids is 2. The van der Waals surface area contributed by atoms with Crippen molar-refractivity contribution < 1.29 is 14.3 Å². The standard InChI is InChI=1S/C31H32N6O3/c1-2-30(39)34-24-19-37(20-24)25-7-9-32-23(16-25)17-26(38)15-21-3-5-22(6-4-21)29-18-27-28(35-29)8-10-33-31(27)36-11-13-40-14-12-36/h2-10,16,18,24,35H,1,11-15,17,19-20H2,(H,34,39). The van der Waals surface area contributed by atoms with Crippen molar-refractivity contribution >= 4 is 34.1 Å². The molecule has 9 heteroatoms. The predicted octanol–water partition coefficient (Wildman–Crippen LogP) is 3.31. The zero-order valence-electron chi connectivity index (χ0n) is 22.3. The number of Topliss-reactive ketones (excluding diaryl/α,β-unsaturated/α-hetero) is 1. The van der Waals surface area contributed by atoms with Gasteiger partial charge in [-0.1, -0.05) is 30.8 Å². The SMILES string of the molecule is C=CC(=O)NC1CN(c2ccnc(CC(=O)Cc3ccc(-c4cc5c(N6CCOCC6)nccc5[nH]4)cc3)c2)C1. The highest BCUT2D eigenvalue weighted by Crippen LogP contribution is 2.30. The maximum absolute atomic E-state index is 12.9. The van der Waals surface area contributed by atoms with Gasteiger partial charge in [0.1, 0.15) is 11.6 Å². The molecule has 2 N–H and O–H groups in total. The second kappa shape index (κ2) is 11.3. The molecular formula is C31H32N6O3. The van der Waals surface area contributed by atoms with Gasteiger partial charge in [0.2, 0.25) is 5.91 Å². The fraction of sp³-hybridized carbons (Fsp3) is 0.290. The number of nitrogens with one attached hydrogen (secondary N) is 2. The number of nitrogens with zero attached hydrogens (tertiary/aromatic N) is 4. The fourth-order valence-electron chi connectivity index (χ4n) is 5.32. The molecule has 0 unspecified atom stereocenters. The van der Waals surface area contributed by atoms with E-state index in [0.29, 0.717) is 19.6 Å². The minimum Gasteiger partial charge on any atom is -0.378 e. The van der Waals surface area contributed by atoms with Crippen LogP contribution < -0.4 is 15.1 Å². The second-order valence-electron chi connectivity index (χ2n) is 10.3. The monoisotopic (exact) mass is 536 g/mol. The van der Waals surface area contributed by atoms with Gasteiger partial charge in [0.05, 0.1) is 24.8 Å². The van der Waals surface area contributed by atoms with Crippen LogP contribution in [0, 0.1) is 0 Å². The number of fused-ring (bicyclic) bond motifs is 1. The van der Waals surface area contributed by atoms with E-state index in [1.165, 1.54) is 6.08 Å². The summed E-state index contributed by atoms with van der Waals surface area (Å²) in [6.45, 7) is 8.05. The van der Waals surface area contributed by atoms with Crippen molar-refractivity contribution in [2.45, 2.75) is 18.9 Å². The number of H-pyrrole nitrogens is 1. The summed E-state index contributed by atoms with van der Waals surface area (Å²) in [6.07, 6.45) is 5.50. The molecule has 9 nitrogen and oxygen atoms in total. The summed E-state index contributed by atoms with van der Waals surface area (Å²) in [5.41, 5.74) is 5.87. The maximum atomic E-state index is 12.9. The van der Waals surface area contributed by atoms with E-state index in [2.05, 4.69) is 54.8 Å². The van der Waals surface area contributed by atoms with E-state index >= 15 is 0 Å². The first kappa shape index (κ1) is 25.8. The molecule has 0 aliphatic carbocycles. The molecule has 40 heavy (non-hydrogen) atoms. The molecule has 0 spiro atoms. The topological polar surface area (TPSA) is 103 Å². The number of hydrogen-bond acceptors (Lipinski definition) is 7. The molecule has 4 aromatic rings. The van der Waals surface area contributed by atoms with Gasteiger partial charge in [-0.25, -0.2) is 4.98 Å². The lowest BCUT2D eigenvalue weighted by Gasteiger charge is -2.41. The van der Waals surface area contributed by atoms with Gasteiger partial charge in [0.15, 0.2) is 0 Å². The summed E-state index contributed by atoms with van der Waals surface area (Å²) in [5.74, 6) is 0.941. The van der Waals surface area contributed by atoms with Gasteiger partial charge in [-0.3, -0.25) is 14.6 Å². The number of benzene rings is 1. The number of rotatable bonds is 9. The van der Waals surface area contributed by atoms with Crippen LogP contribution in [-0.2, 0) is 27.2 Å². The zero-order valence-corrected chi connectivity index (χ0v) is 22.3.